The fraction of sp³-hybridized carbons (Fsp3) is 0.421. The third-order valence-corrected chi connectivity index (χ3v) is 3.76. The Labute approximate surface area is 143 Å². The monoisotopic (exact) mass is 328 g/mol. The van der Waals surface area contributed by atoms with E-state index in [0.29, 0.717) is 24.4 Å². The first-order chi connectivity index (χ1) is 11.5. The zero-order chi connectivity index (χ0) is 17.5. The van der Waals surface area contributed by atoms with Gasteiger partial charge in [0.2, 0.25) is 0 Å². The number of furan rings is 1. The molecule has 0 aliphatic heterocycles. The Morgan fingerprint density at radius 1 is 1.21 bits per heavy atom. The zero-order valence-electron chi connectivity index (χ0n) is 14.4. The highest BCUT2D eigenvalue weighted by molar-refractivity contribution is 5.34. The van der Waals surface area contributed by atoms with Gasteiger partial charge in [-0.25, -0.2) is 0 Å². The Morgan fingerprint density at radius 2 is 1.92 bits per heavy atom. The van der Waals surface area contributed by atoms with Gasteiger partial charge in [0.25, 0.3) is 0 Å². The van der Waals surface area contributed by atoms with Crippen molar-refractivity contribution in [1.82, 2.24) is 4.90 Å². The third-order valence-electron chi connectivity index (χ3n) is 3.76. The van der Waals surface area contributed by atoms with Gasteiger partial charge in [-0.3, -0.25) is 4.90 Å². The maximum atomic E-state index is 10.3. The number of ether oxygens (including phenoxy) is 1. The summed E-state index contributed by atoms with van der Waals surface area (Å²) in [7, 11) is 0. The maximum absolute atomic E-state index is 10.3. The molecule has 1 aromatic heterocycles. The van der Waals surface area contributed by atoms with Crippen molar-refractivity contribution < 1.29 is 14.3 Å². The smallest absolute Gasteiger partial charge is 0.119 e. The van der Waals surface area contributed by atoms with E-state index in [1.165, 1.54) is 0 Å². The van der Waals surface area contributed by atoms with Gasteiger partial charge in [0.05, 0.1) is 18.2 Å². The molecule has 1 atom stereocenters. The van der Waals surface area contributed by atoms with Crippen molar-refractivity contribution in [2.45, 2.75) is 39.5 Å². The van der Waals surface area contributed by atoms with E-state index in [0.717, 1.165) is 11.5 Å². The molecule has 1 heterocycles. The summed E-state index contributed by atoms with van der Waals surface area (Å²) in [4.78, 5) is 2.14. The number of aliphatic hydroxyl groups is 1. The van der Waals surface area contributed by atoms with Crippen LogP contribution in [0.4, 0.5) is 0 Å². The van der Waals surface area contributed by atoms with E-state index in [1.54, 1.807) is 24.3 Å². The van der Waals surface area contributed by atoms with E-state index in [2.05, 4.69) is 24.8 Å². The number of hydrogen-bond acceptors (Lipinski definition) is 5. The number of benzene rings is 1. The number of aliphatic hydroxyl groups excluding tert-OH is 1. The molecule has 0 saturated carbocycles. The molecule has 2 rings (SSSR count). The van der Waals surface area contributed by atoms with Gasteiger partial charge < -0.3 is 14.3 Å². The molecule has 5 heteroatoms. The SMILES string of the molecule is Cc1ccc(CN(CC(O)COc2ccc(C#N)cc2)C(C)C)o1. The van der Waals surface area contributed by atoms with E-state index in [-0.39, 0.29) is 12.6 Å². The lowest BCUT2D eigenvalue weighted by molar-refractivity contribution is 0.0515. The Hall–Kier alpha value is -2.29. The molecule has 0 saturated heterocycles. The van der Waals surface area contributed by atoms with Crippen LogP contribution in [0.5, 0.6) is 5.75 Å². The first-order valence-corrected chi connectivity index (χ1v) is 8.08. The van der Waals surface area contributed by atoms with E-state index >= 15 is 0 Å². The molecule has 1 N–H and O–H groups in total. The van der Waals surface area contributed by atoms with Crippen molar-refractivity contribution >= 4 is 0 Å². The summed E-state index contributed by atoms with van der Waals surface area (Å²) in [6.45, 7) is 7.44. The highest BCUT2D eigenvalue weighted by Gasteiger charge is 2.17. The van der Waals surface area contributed by atoms with Crippen LogP contribution in [0.25, 0.3) is 0 Å². The molecule has 1 unspecified atom stereocenters. The summed E-state index contributed by atoms with van der Waals surface area (Å²) in [5.41, 5.74) is 0.586. The summed E-state index contributed by atoms with van der Waals surface area (Å²) < 4.78 is 11.2. The summed E-state index contributed by atoms with van der Waals surface area (Å²) in [6.07, 6.45) is -0.612. The van der Waals surface area contributed by atoms with Gasteiger partial charge in [-0.1, -0.05) is 0 Å². The summed E-state index contributed by atoms with van der Waals surface area (Å²) in [5, 5.41) is 19.0. The Kier molecular flexibility index (Phi) is 6.42. The van der Waals surface area contributed by atoms with Crippen LogP contribution in [-0.4, -0.2) is 35.3 Å². The molecule has 0 spiro atoms. The molecule has 0 radical (unpaired) electrons. The van der Waals surface area contributed by atoms with Crippen LogP contribution in [0, 0.1) is 18.3 Å². The third kappa shape index (κ3) is 5.41. The number of hydrogen-bond donors (Lipinski definition) is 1. The minimum absolute atomic E-state index is 0.201. The van der Waals surface area contributed by atoms with Gasteiger partial charge in [-0.2, -0.15) is 5.26 Å². The molecule has 0 aliphatic rings. The second-order valence-electron chi connectivity index (χ2n) is 6.14. The predicted octanol–water partition coefficient (Wildman–Crippen LogP) is 3.11. The van der Waals surface area contributed by atoms with E-state index in [1.807, 2.05) is 19.1 Å². The average molecular weight is 328 g/mol. The topological polar surface area (TPSA) is 69.6 Å². The van der Waals surface area contributed by atoms with Crippen LogP contribution >= 0.6 is 0 Å². The van der Waals surface area contributed by atoms with Gasteiger partial charge in [-0.15, -0.1) is 0 Å². The van der Waals surface area contributed by atoms with Crippen molar-refractivity contribution in [3.8, 4) is 11.8 Å². The van der Waals surface area contributed by atoms with E-state index in [4.69, 9.17) is 14.4 Å². The largest absolute Gasteiger partial charge is 0.491 e. The minimum atomic E-state index is -0.612. The van der Waals surface area contributed by atoms with Crippen molar-refractivity contribution in [3.63, 3.8) is 0 Å². The lowest BCUT2D eigenvalue weighted by atomic mass is 10.2. The van der Waals surface area contributed by atoms with Crippen molar-refractivity contribution in [3.05, 3.63) is 53.5 Å². The normalized spacial score (nSPS) is 12.4. The first kappa shape index (κ1) is 18.1. The second-order valence-corrected chi connectivity index (χ2v) is 6.14. The highest BCUT2D eigenvalue weighted by atomic mass is 16.5. The van der Waals surface area contributed by atoms with Crippen molar-refractivity contribution in [1.29, 1.82) is 5.26 Å². The average Bonchev–Trinajstić information content (AvgIpc) is 2.97. The van der Waals surface area contributed by atoms with Crippen LogP contribution in [0.1, 0.15) is 30.9 Å². The maximum Gasteiger partial charge on any atom is 0.119 e. The second kappa shape index (κ2) is 8.53. The molecule has 128 valence electrons. The van der Waals surface area contributed by atoms with Crippen LogP contribution < -0.4 is 4.74 Å². The molecule has 1 aromatic carbocycles. The highest BCUT2D eigenvalue weighted by Crippen LogP contribution is 2.14. The molecular formula is C19H24N2O3. The molecule has 2 aromatic rings. The van der Waals surface area contributed by atoms with Crippen molar-refractivity contribution in [2.75, 3.05) is 13.2 Å². The number of aryl methyl sites for hydroxylation is 1. The Bertz CT molecular complexity index is 671. The Balaban J connectivity index is 1.85. The van der Waals surface area contributed by atoms with E-state index < -0.39 is 6.10 Å². The molecule has 24 heavy (non-hydrogen) atoms. The van der Waals surface area contributed by atoms with Crippen LogP contribution in [-0.2, 0) is 6.54 Å². The van der Waals surface area contributed by atoms with Gasteiger partial charge >= 0.3 is 0 Å². The fourth-order valence-corrected chi connectivity index (χ4v) is 2.37. The summed E-state index contributed by atoms with van der Waals surface area (Å²) >= 11 is 0. The fourth-order valence-electron chi connectivity index (χ4n) is 2.37. The van der Waals surface area contributed by atoms with Crippen LogP contribution in [0.2, 0.25) is 0 Å². The van der Waals surface area contributed by atoms with Gasteiger partial charge in [0, 0.05) is 12.6 Å². The predicted molar refractivity (Wildman–Crippen MR) is 91.6 cm³/mol. The summed E-state index contributed by atoms with van der Waals surface area (Å²) in [5.74, 6) is 2.42. The standard InChI is InChI=1S/C19H24N2O3/c1-14(2)21(12-19-7-4-15(3)24-19)11-17(22)13-23-18-8-5-16(10-20)6-9-18/h4-9,14,17,22H,11-13H2,1-3H3. The zero-order valence-corrected chi connectivity index (χ0v) is 14.4. The number of nitriles is 1. The van der Waals surface area contributed by atoms with Crippen molar-refractivity contribution in [2.24, 2.45) is 0 Å². The Morgan fingerprint density at radius 3 is 2.46 bits per heavy atom. The molecule has 0 amide bonds. The molecule has 5 nitrogen and oxygen atoms in total. The molecule has 0 bridgehead atoms. The molecule has 0 fully saturated rings. The number of rotatable bonds is 8. The lowest BCUT2D eigenvalue weighted by Gasteiger charge is -2.27. The van der Waals surface area contributed by atoms with E-state index in [9.17, 15) is 5.11 Å². The van der Waals surface area contributed by atoms with Gasteiger partial charge in [0.1, 0.15) is 30.0 Å². The first-order valence-electron chi connectivity index (χ1n) is 8.08. The molecule has 0 aliphatic carbocycles. The minimum Gasteiger partial charge on any atom is -0.491 e. The molecular weight excluding hydrogens is 304 g/mol. The number of nitrogens with zero attached hydrogens (tertiary/aromatic N) is 2. The van der Waals surface area contributed by atoms with Gasteiger partial charge in [-0.05, 0) is 57.2 Å². The van der Waals surface area contributed by atoms with Crippen LogP contribution in [0.15, 0.2) is 40.8 Å². The quantitative estimate of drug-likeness (QED) is 0.806. The van der Waals surface area contributed by atoms with Crippen LogP contribution in [0.3, 0.4) is 0 Å². The lowest BCUT2D eigenvalue weighted by Crippen LogP contribution is -2.39. The summed E-state index contributed by atoms with van der Waals surface area (Å²) in [6, 6.07) is 13.1. The van der Waals surface area contributed by atoms with Gasteiger partial charge in [0.15, 0.2) is 0 Å².